The van der Waals surface area contributed by atoms with Crippen LogP contribution in [0.3, 0.4) is 0 Å². The minimum absolute atomic E-state index is 0.190. The molecule has 2 heterocycles. The van der Waals surface area contributed by atoms with E-state index in [9.17, 15) is 4.79 Å². The Morgan fingerprint density at radius 3 is 2.44 bits per heavy atom. The van der Waals surface area contributed by atoms with Gasteiger partial charge in [-0.05, 0) is 12.1 Å². The molecule has 126 valence electrons. The van der Waals surface area contributed by atoms with Crippen molar-refractivity contribution in [3.05, 3.63) is 60.9 Å². The second-order valence-corrected chi connectivity index (χ2v) is 6.81. The lowest BCUT2D eigenvalue weighted by Gasteiger charge is -2.06. The average molecular weight is 350 g/mol. The number of aromatic nitrogens is 2. The molecule has 0 aliphatic heterocycles. The van der Waals surface area contributed by atoms with E-state index in [4.69, 9.17) is 0 Å². The number of fused-ring (bicyclic) bond motifs is 2. The highest BCUT2D eigenvalue weighted by atomic mass is 32.2. The molecule has 0 aliphatic carbocycles. The maximum atomic E-state index is 12.1. The zero-order valence-corrected chi connectivity index (χ0v) is 14.3. The molecule has 2 amide bonds. The van der Waals surface area contributed by atoms with Gasteiger partial charge in [-0.1, -0.05) is 36.4 Å². The molecule has 0 radical (unpaired) electrons. The van der Waals surface area contributed by atoms with Crippen LogP contribution in [0.4, 0.5) is 10.5 Å². The molecule has 0 fully saturated rings. The summed E-state index contributed by atoms with van der Waals surface area (Å²) in [6.07, 6.45) is 3.83. The van der Waals surface area contributed by atoms with Gasteiger partial charge in [0.1, 0.15) is 0 Å². The van der Waals surface area contributed by atoms with E-state index in [1.165, 1.54) is 10.3 Å². The molecule has 4 aromatic rings. The van der Waals surface area contributed by atoms with Gasteiger partial charge in [0.2, 0.25) is 0 Å². The highest BCUT2D eigenvalue weighted by Gasteiger charge is 2.07. The van der Waals surface area contributed by atoms with Gasteiger partial charge in [-0.3, -0.25) is 0 Å². The van der Waals surface area contributed by atoms with Gasteiger partial charge >= 0.3 is 6.03 Å². The summed E-state index contributed by atoms with van der Waals surface area (Å²) in [6.45, 7) is 0.596. The van der Waals surface area contributed by atoms with Crippen LogP contribution in [0.15, 0.2) is 65.8 Å². The number of nitrogens with one attached hydrogen (secondary N) is 4. The van der Waals surface area contributed by atoms with Crippen LogP contribution in [0.1, 0.15) is 0 Å². The number of aromatic amines is 2. The number of rotatable bonds is 5. The predicted octanol–water partition coefficient (Wildman–Crippen LogP) is 4.56. The van der Waals surface area contributed by atoms with Gasteiger partial charge in [-0.15, -0.1) is 11.8 Å². The quantitative estimate of drug-likeness (QED) is 0.315. The van der Waals surface area contributed by atoms with E-state index >= 15 is 0 Å². The van der Waals surface area contributed by atoms with E-state index in [-0.39, 0.29) is 6.03 Å². The normalized spacial score (nSPS) is 11.0. The maximum absolute atomic E-state index is 12.1. The van der Waals surface area contributed by atoms with Crippen molar-refractivity contribution >= 4 is 45.3 Å². The van der Waals surface area contributed by atoms with Crippen LogP contribution in [0.2, 0.25) is 0 Å². The highest BCUT2D eigenvalue weighted by Crippen LogP contribution is 2.27. The summed E-state index contributed by atoms with van der Waals surface area (Å²) < 4.78 is 0. The van der Waals surface area contributed by atoms with Crippen molar-refractivity contribution in [2.75, 3.05) is 17.6 Å². The molecule has 5 nitrogen and oxygen atoms in total. The van der Waals surface area contributed by atoms with Crippen LogP contribution in [-0.4, -0.2) is 28.3 Å². The largest absolute Gasteiger partial charge is 0.360 e. The van der Waals surface area contributed by atoms with Crippen molar-refractivity contribution in [1.82, 2.24) is 15.3 Å². The molecule has 0 unspecified atom stereocenters. The summed E-state index contributed by atoms with van der Waals surface area (Å²) in [6, 6.07) is 15.9. The van der Waals surface area contributed by atoms with Gasteiger partial charge in [-0.2, -0.15) is 0 Å². The van der Waals surface area contributed by atoms with E-state index < -0.39 is 0 Å². The van der Waals surface area contributed by atoms with Crippen LogP contribution in [0.5, 0.6) is 0 Å². The number of carbonyl (C=O) groups is 1. The lowest BCUT2D eigenvalue weighted by atomic mass is 10.2. The van der Waals surface area contributed by atoms with Crippen LogP contribution in [0, 0.1) is 0 Å². The van der Waals surface area contributed by atoms with Gasteiger partial charge in [0.05, 0.1) is 5.69 Å². The first-order chi connectivity index (χ1) is 12.3. The molecular weight excluding hydrogens is 332 g/mol. The van der Waals surface area contributed by atoms with Gasteiger partial charge in [0.15, 0.2) is 0 Å². The molecule has 0 aliphatic rings. The number of amides is 2. The minimum atomic E-state index is -0.190. The molecule has 0 bridgehead atoms. The Balaban J connectivity index is 1.29. The summed E-state index contributed by atoms with van der Waals surface area (Å²) >= 11 is 1.73. The average Bonchev–Trinajstić information content (AvgIpc) is 3.24. The number of H-pyrrole nitrogens is 2. The van der Waals surface area contributed by atoms with Crippen molar-refractivity contribution in [3.8, 4) is 0 Å². The molecule has 0 saturated heterocycles. The maximum Gasteiger partial charge on any atom is 0.319 e. The number of carbonyl (C=O) groups excluding carboxylic acids is 1. The fourth-order valence-corrected chi connectivity index (χ4v) is 3.73. The Kier molecular flexibility index (Phi) is 4.35. The number of para-hydroxylation sites is 2. The van der Waals surface area contributed by atoms with Crippen LogP contribution in [0.25, 0.3) is 21.8 Å². The summed E-state index contributed by atoms with van der Waals surface area (Å²) in [5.41, 5.74) is 2.93. The van der Waals surface area contributed by atoms with Crippen molar-refractivity contribution in [3.63, 3.8) is 0 Å². The fourth-order valence-electron chi connectivity index (χ4n) is 2.83. The summed E-state index contributed by atoms with van der Waals surface area (Å²) in [4.78, 5) is 19.7. The number of hydrogen-bond donors (Lipinski definition) is 4. The lowest BCUT2D eigenvalue weighted by molar-refractivity contribution is 0.252. The van der Waals surface area contributed by atoms with Crippen LogP contribution >= 0.6 is 11.8 Å². The van der Waals surface area contributed by atoms with Crippen LogP contribution in [-0.2, 0) is 0 Å². The third-order valence-electron chi connectivity index (χ3n) is 4.03. The molecule has 25 heavy (non-hydrogen) atoms. The van der Waals surface area contributed by atoms with Gasteiger partial charge in [0, 0.05) is 51.4 Å². The van der Waals surface area contributed by atoms with Crippen molar-refractivity contribution < 1.29 is 4.79 Å². The van der Waals surface area contributed by atoms with Crippen molar-refractivity contribution in [2.45, 2.75) is 4.90 Å². The third-order valence-corrected chi connectivity index (χ3v) is 5.09. The molecule has 2 aromatic heterocycles. The Morgan fingerprint density at radius 2 is 1.60 bits per heavy atom. The topological polar surface area (TPSA) is 72.7 Å². The SMILES string of the molecule is O=C(NCCSc1c[nH]c2ccccc12)Nc1c[nH]c2ccccc12. The Hall–Kier alpha value is -2.86. The number of thioether (sulfide) groups is 1. The van der Waals surface area contributed by atoms with Gasteiger partial charge in [0.25, 0.3) is 0 Å². The fraction of sp³-hybridized carbons (Fsp3) is 0.105. The molecule has 6 heteroatoms. The molecular formula is C19H18N4OS. The first-order valence-corrected chi connectivity index (χ1v) is 9.10. The standard InChI is InChI=1S/C19H18N4OS/c24-19(23-17-11-21-15-7-3-1-5-13(15)17)20-9-10-25-18-12-22-16-8-4-2-6-14(16)18/h1-8,11-12,21-22H,9-10H2,(H2,20,23,24). The van der Waals surface area contributed by atoms with Gasteiger partial charge < -0.3 is 20.6 Å². The number of anilines is 1. The minimum Gasteiger partial charge on any atom is -0.360 e. The Bertz CT molecular complexity index is 1020. The molecule has 0 atom stereocenters. The first-order valence-electron chi connectivity index (χ1n) is 8.11. The van der Waals surface area contributed by atoms with E-state index in [0.717, 1.165) is 27.9 Å². The molecule has 2 aromatic carbocycles. The Labute approximate surface area is 149 Å². The van der Waals surface area contributed by atoms with Crippen molar-refractivity contribution in [2.24, 2.45) is 0 Å². The zero-order chi connectivity index (χ0) is 17.1. The summed E-state index contributed by atoms with van der Waals surface area (Å²) in [5, 5.41) is 8.02. The third kappa shape index (κ3) is 3.34. The summed E-state index contributed by atoms with van der Waals surface area (Å²) in [5.74, 6) is 0.809. The van der Waals surface area contributed by atoms with Crippen LogP contribution < -0.4 is 10.6 Å². The van der Waals surface area contributed by atoms with E-state index in [2.05, 4.69) is 32.7 Å². The second kappa shape index (κ2) is 6.94. The molecule has 0 saturated carbocycles. The van der Waals surface area contributed by atoms with Crippen molar-refractivity contribution in [1.29, 1.82) is 0 Å². The van der Waals surface area contributed by atoms with Gasteiger partial charge in [-0.25, -0.2) is 4.79 Å². The number of urea groups is 1. The molecule has 4 N–H and O–H groups in total. The molecule has 4 rings (SSSR count). The monoisotopic (exact) mass is 350 g/mol. The molecule has 0 spiro atoms. The highest BCUT2D eigenvalue weighted by molar-refractivity contribution is 7.99. The van der Waals surface area contributed by atoms with E-state index in [1.54, 1.807) is 11.8 Å². The second-order valence-electron chi connectivity index (χ2n) is 5.68. The Morgan fingerprint density at radius 1 is 0.920 bits per heavy atom. The summed E-state index contributed by atoms with van der Waals surface area (Å²) in [7, 11) is 0. The van der Waals surface area contributed by atoms with E-state index in [0.29, 0.717) is 6.54 Å². The predicted molar refractivity (Wildman–Crippen MR) is 104 cm³/mol. The smallest absolute Gasteiger partial charge is 0.319 e. The number of hydrogen-bond acceptors (Lipinski definition) is 2. The zero-order valence-electron chi connectivity index (χ0n) is 13.5. The number of benzene rings is 2. The first kappa shape index (κ1) is 15.7. The lowest BCUT2D eigenvalue weighted by Crippen LogP contribution is -2.30. The van der Waals surface area contributed by atoms with E-state index in [1.807, 2.05) is 48.8 Å².